The predicted octanol–water partition coefficient (Wildman–Crippen LogP) is -0.776. The zero-order valence-corrected chi connectivity index (χ0v) is 15.8. The lowest BCUT2D eigenvalue weighted by molar-refractivity contribution is -0.134. The van der Waals surface area contributed by atoms with Gasteiger partial charge in [0.25, 0.3) is 0 Å². The summed E-state index contributed by atoms with van der Waals surface area (Å²) in [6.45, 7) is 1.80. The minimum atomic E-state index is -0.573. The number of benzene rings is 1. The van der Waals surface area contributed by atoms with Crippen LogP contribution in [0.15, 0.2) is 18.2 Å². The van der Waals surface area contributed by atoms with Crippen LogP contribution >= 0.6 is 0 Å². The highest BCUT2D eigenvalue weighted by Gasteiger charge is 2.31. The van der Waals surface area contributed by atoms with Crippen LogP contribution in [-0.2, 0) is 22.7 Å². The molecule has 1 aromatic heterocycles. The van der Waals surface area contributed by atoms with E-state index in [4.69, 9.17) is 9.47 Å². The van der Waals surface area contributed by atoms with Gasteiger partial charge in [0.05, 0.1) is 33.2 Å². The molecule has 11 nitrogen and oxygen atoms in total. The lowest BCUT2D eigenvalue weighted by Gasteiger charge is -2.34. The Labute approximate surface area is 161 Å². The van der Waals surface area contributed by atoms with Gasteiger partial charge in [-0.05, 0) is 17.7 Å². The third kappa shape index (κ3) is 4.94. The zero-order chi connectivity index (χ0) is 19.9. The number of carbonyl (C=O) groups excluding carboxylic acids is 2. The molecule has 2 amide bonds. The summed E-state index contributed by atoms with van der Waals surface area (Å²) in [5.41, 5.74) is 0.933. The summed E-state index contributed by atoms with van der Waals surface area (Å²) < 4.78 is 10.6. The van der Waals surface area contributed by atoms with E-state index < -0.39 is 6.04 Å². The van der Waals surface area contributed by atoms with Crippen LogP contribution in [0.4, 0.5) is 0 Å². The zero-order valence-electron chi connectivity index (χ0n) is 15.8. The van der Waals surface area contributed by atoms with Crippen molar-refractivity contribution in [1.82, 2.24) is 36.2 Å². The van der Waals surface area contributed by atoms with Gasteiger partial charge in [-0.15, -0.1) is 10.2 Å². The molecule has 0 bridgehead atoms. The molecule has 3 N–H and O–H groups in total. The van der Waals surface area contributed by atoms with Crippen LogP contribution in [-0.4, -0.2) is 70.7 Å². The number of methoxy groups -OCH3 is 2. The Morgan fingerprint density at radius 1 is 1.29 bits per heavy atom. The molecule has 1 fully saturated rings. The number of nitrogens with one attached hydrogen (secondary N) is 3. The summed E-state index contributed by atoms with van der Waals surface area (Å²) in [7, 11) is 3.17. The average molecular weight is 389 g/mol. The van der Waals surface area contributed by atoms with Gasteiger partial charge in [-0.3, -0.25) is 14.5 Å². The highest BCUT2D eigenvalue weighted by Crippen LogP contribution is 2.24. The van der Waals surface area contributed by atoms with Crippen molar-refractivity contribution in [2.45, 2.75) is 25.6 Å². The Morgan fingerprint density at radius 2 is 2.04 bits per heavy atom. The number of rotatable bonds is 8. The largest absolute Gasteiger partial charge is 0.497 e. The molecule has 1 saturated heterocycles. The van der Waals surface area contributed by atoms with Gasteiger partial charge in [0.1, 0.15) is 11.5 Å². The third-order valence-corrected chi connectivity index (χ3v) is 4.45. The van der Waals surface area contributed by atoms with Crippen LogP contribution in [0.3, 0.4) is 0 Å². The third-order valence-electron chi connectivity index (χ3n) is 4.45. The minimum Gasteiger partial charge on any atom is -0.497 e. The van der Waals surface area contributed by atoms with Crippen molar-refractivity contribution in [1.29, 1.82) is 0 Å². The number of piperazine rings is 1. The summed E-state index contributed by atoms with van der Waals surface area (Å²) in [6.07, 6.45) is 0.0325. The Bertz CT molecular complexity index is 790. The molecule has 2 heterocycles. The molecule has 0 unspecified atom stereocenters. The molecule has 0 aliphatic carbocycles. The maximum atomic E-state index is 12.4. The minimum absolute atomic E-state index is 0.0325. The van der Waals surface area contributed by atoms with Crippen molar-refractivity contribution in [3.8, 4) is 11.5 Å². The maximum Gasteiger partial charge on any atom is 0.237 e. The summed E-state index contributed by atoms with van der Waals surface area (Å²) in [6, 6.07) is 5.00. The molecule has 28 heavy (non-hydrogen) atoms. The first-order valence-electron chi connectivity index (χ1n) is 8.81. The van der Waals surface area contributed by atoms with Crippen LogP contribution < -0.4 is 20.1 Å². The molecule has 0 saturated carbocycles. The molecule has 2 aromatic rings. The van der Waals surface area contributed by atoms with E-state index in [-0.39, 0.29) is 24.8 Å². The van der Waals surface area contributed by atoms with Crippen molar-refractivity contribution in [3.05, 3.63) is 29.6 Å². The predicted molar refractivity (Wildman–Crippen MR) is 97.4 cm³/mol. The SMILES string of the molecule is COc1cc(CN2CCNC(=O)[C@@H]2CC(=O)NCc2nn[nH]n2)cc(OC)c1. The lowest BCUT2D eigenvalue weighted by Crippen LogP contribution is -2.56. The fourth-order valence-corrected chi connectivity index (χ4v) is 3.05. The van der Waals surface area contributed by atoms with Gasteiger partial charge in [0, 0.05) is 25.7 Å². The van der Waals surface area contributed by atoms with Crippen molar-refractivity contribution < 1.29 is 19.1 Å². The fourth-order valence-electron chi connectivity index (χ4n) is 3.05. The molecule has 0 radical (unpaired) electrons. The second-order valence-corrected chi connectivity index (χ2v) is 6.31. The number of tetrazole rings is 1. The molecule has 150 valence electrons. The number of aromatic nitrogens is 4. The molecule has 3 rings (SSSR count). The summed E-state index contributed by atoms with van der Waals surface area (Å²) in [5, 5.41) is 18.8. The first-order valence-corrected chi connectivity index (χ1v) is 8.81. The maximum absolute atomic E-state index is 12.4. The number of H-pyrrole nitrogens is 1. The summed E-state index contributed by atoms with van der Waals surface area (Å²) in [4.78, 5) is 26.7. The molecule has 0 spiro atoms. The number of aromatic amines is 1. The highest BCUT2D eigenvalue weighted by atomic mass is 16.5. The molecule has 1 atom stereocenters. The molecule has 1 aromatic carbocycles. The normalized spacial score (nSPS) is 17.1. The van der Waals surface area contributed by atoms with Crippen LogP contribution in [0.1, 0.15) is 17.8 Å². The molecule has 1 aliphatic rings. The summed E-state index contributed by atoms with van der Waals surface area (Å²) in [5.74, 6) is 1.29. The van der Waals surface area contributed by atoms with Gasteiger partial charge in [-0.25, -0.2) is 0 Å². The Hall–Kier alpha value is -3.21. The topological polar surface area (TPSA) is 134 Å². The van der Waals surface area contributed by atoms with Gasteiger partial charge in [0.2, 0.25) is 11.8 Å². The monoisotopic (exact) mass is 389 g/mol. The number of amides is 2. The van der Waals surface area contributed by atoms with Gasteiger partial charge in [-0.2, -0.15) is 5.21 Å². The van der Waals surface area contributed by atoms with Crippen LogP contribution in [0, 0.1) is 0 Å². The van der Waals surface area contributed by atoms with E-state index in [2.05, 4.69) is 31.3 Å². The van der Waals surface area contributed by atoms with Crippen LogP contribution in [0.25, 0.3) is 0 Å². The average Bonchev–Trinajstić information content (AvgIpc) is 3.22. The van der Waals surface area contributed by atoms with E-state index in [9.17, 15) is 9.59 Å². The van der Waals surface area contributed by atoms with E-state index in [1.807, 2.05) is 17.0 Å². The van der Waals surface area contributed by atoms with E-state index in [1.165, 1.54) is 0 Å². The van der Waals surface area contributed by atoms with E-state index in [1.54, 1.807) is 20.3 Å². The molecule has 1 aliphatic heterocycles. The number of carbonyl (C=O) groups is 2. The van der Waals surface area contributed by atoms with E-state index >= 15 is 0 Å². The molecule has 11 heteroatoms. The van der Waals surface area contributed by atoms with Gasteiger partial charge in [-0.1, -0.05) is 5.21 Å². The highest BCUT2D eigenvalue weighted by molar-refractivity contribution is 5.88. The number of hydrogen-bond donors (Lipinski definition) is 3. The Kier molecular flexibility index (Phi) is 6.37. The summed E-state index contributed by atoms with van der Waals surface area (Å²) >= 11 is 0. The Morgan fingerprint density at radius 3 is 2.68 bits per heavy atom. The first-order chi connectivity index (χ1) is 13.6. The molecular weight excluding hydrogens is 366 g/mol. The molecular formula is C17H23N7O4. The van der Waals surface area contributed by atoms with Crippen LogP contribution in [0.5, 0.6) is 11.5 Å². The second kappa shape index (κ2) is 9.13. The van der Waals surface area contributed by atoms with Crippen molar-refractivity contribution >= 4 is 11.8 Å². The lowest BCUT2D eigenvalue weighted by atomic mass is 10.1. The Balaban J connectivity index is 1.66. The first kappa shape index (κ1) is 19.5. The van der Waals surface area contributed by atoms with Crippen LogP contribution in [0.2, 0.25) is 0 Å². The van der Waals surface area contributed by atoms with Gasteiger partial charge >= 0.3 is 0 Å². The number of nitrogens with zero attached hydrogens (tertiary/aromatic N) is 4. The smallest absolute Gasteiger partial charge is 0.237 e. The standard InChI is InChI=1S/C17H23N7O4/c1-27-12-5-11(6-13(7-12)28-2)10-24-4-3-18-17(26)14(24)8-16(25)19-9-15-20-22-23-21-15/h5-7,14H,3-4,8-10H2,1-2H3,(H,18,26)(H,19,25)(H,20,21,22,23)/t14-/m0/s1. The number of hydrogen-bond acceptors (Lipinski definition) is 8. The second-order valence-electron chi connectivity index (χ2n) is 6.31. The van der Waals surface area contributed by atoms with Crippen molar-refractivity contribution in [2.24, 2.45) is 0 Å². The van der Waals surface area contributed by atoms with Crippen molar-refractivity contribution in [3.63, 3.8) is 0 Å². The number of ether oxygens (including phenoxy) is 2. The van der Waals surface area contributed by atoms with Gasteiger partial charge < -0.3 is 20.1 Å². The van der Waals surface area contributed by atoms with Crippen molar-refractivity contribution in [2.75, 3.05) is 27.3 Å². The fraction of sp³-hybridized carbons (Fsp3) is 0.471. The van der Waals surface area contributed by atoms with Gasteiger partial charge in [0.15, 0.2) is 5.82 Å². The van der Waals surface area contributed by atoms with E-state index in [0.717, 1.165) is 5.56 Å². The quantitative estimate of drug-likeness (QED) is 0.535. The van der Waals surface area contributed by atoms with E-state index in [0.29, 0.717) is 37.0 Å².